The standard InChI is InChI=1S/C18H25FN4O2/c19-15-5-2-6-16(13-15)21-18(25)20-7-8-22-9-11-23(12-10-22)17(24)14-3-1-4-14/h2,5-6,13-14H,1,3-4,7-12H2,(H2,20,21,25). The van der Waals surface area contributed by atoms with Crippen molar-refractivity contribution in [3.05, 3.63) is 30.1 Å². The second kappa shape index (κ2) is 8.29. The molecule has 1 aromatic rings. The normalized spacial score (nSPS) is 18.5. The predicted octanol–water partition coefficient (Wildman–Crippen LogP) is 1.89. The van der Waals surface area contributed by atoms with Crippen LogP contribution in [0.1, 0.15) is 19.3 Å². The Morgan fingerprint density at radius 3 is 2.56 bits per heavy atom. The SMILES string of the molecule is O=C(NCCN1CCN(C(=O)C2CCC2)CC1)Nc1cccc(F)c1. The average Bonchev–Trinajstić information content (AvgIpc) is 2.54. The van der Waals surface area contributed by atoms with Gasteiger partial charge in [-0.05, 0) is 31.0 Å². The molecule has 0 unspecified atom stereocenters. The van der Waals surface area contributed by atoms with Crippen LogP contribution in [-0.2, 0) is 4.79 Å². The summed E-state index contributed by atoms with van der Waals surface area (Å²) >= 11 is 0. The first-order valence-electron chi connectivity index (χ1n) is 8.93. The van der Waals surface area contributed by atoms with E-state index in [0.29, 0.717) is 18.1 Å². The lowest BCUT2D eigenvalue weighted by Crippen LogP contribution is -2.52. The number of halogens is 1. The molecular weight excluding hydrogens is 323 g/mol. The van der Waals surface area contributed by atoms with Gasteiger partial charge in [0, 0.05) is 50.9 Å². The van der Waals surface area contributed by atoms with E-state index < -0.39 is 0 Å². The molecule has 2 fully saturated rings. The van der Waals surface area contributed by atoms with Crippen molar-refractivity contribution in [1.82, 2.24) is 15.1 Å². The fourth-order valence-corrected chi connectivity index (χ4v) is 3.17. The van der Waals surface area contributed by atoms with E-state index in [4.69, 9.17) is 0 Å². The van der Waals surface area contributed by atoms with Crippen LogP contribution < -0.4 is 10.6 Å². The number of piperazine rings is 1. The molecule has 1 aliphatic heterocycles. The van der Waals surface area contributed by atoms with Crippen molar-refractivity contribution in [3.8, 4) is 0 Å². The topological polar surface area (TPSA) is 64.7 Å². The fraction of sp³-hybridized carbons (Fsp3) is 0.556. The molecule has 6 nitrogen and oxygen atoms in total. The van der Waals surface area contributed by atoms with E-state index >= 15 is 0 Å². The molecule has 2 aliphatic rings. The third-order valence-corrected chi connectivity index (χ3v) is 4.93. The van der Waals surface area contributed by atoms with Crippen LogP contribution in [0.3, 0.4) is 0 Å². The Morgan fingerprint density at radius 1 is 1.16 bits per heavy atom. The molecule has 1 saturated heterocycles. The van der Waals surface area contributed by atoms with Crippen LogP contribution in [0, 0.1) is 11.7 Å². The van der Waals surface area contributed by atoms with Crippen molar-refractivity contribution in [2.75, 3.05) is 44.6 Å². The van der Waals surface area contributed by atoms with Crippen LogP contribution >= 0.6 is 0 Å². The van der Waals surface area contributed by atoms with Gasteiger partial charge in [0.15, 0.2) is 0 Å². The zero-order chi connectivity index (χ0) is 17.6. The smallest absolute Gasteiger partial charge is 0.319 e. The summed E-state index contributed by atoms with van der Waals surface area (Å²) in [6, 6.07) is 5.46. The summed E-state index contributed by atoms with van der Waals surface area (Å²) in [6.45, 7) is 4.46. The molecule has 0 atom stereocenters. The highest BCUT2D eigenvalue weighted by Crippen LogP contribution is 2.28. The van der Waals surface area contributed by atoms with Gasteiger partial charge < -0.3 is 15.5 Å². The quantitative estimate of drug-likeness (QED) is 0.854. The Morgan fingerprint density at radius 2 is 1.92 bits per heavy atom. The minimum absolute atomic E-state index is 0.264. The molecule has 0 aromatic heterocycles. The number of hydrogen-bond acceptors (Lipinski definition) is 3. The zero-order valence-electron chi connectivity index (χ0n) is 14.3. The second-order valence-electron chi connectivity index (χ2n) is 6.69. The van der Waals surface area contributed by atoms with E-state index in [1.807, 2.05) is 4.90 Å². The fourth-order valence-electron chi connectivity index (χ4n) is 3.17. The van der Waals surface area contributed by atoms with E-state index in [-0.39, 0.29) is 17.8 Å². The van der Waals surface area contributed by atoms with Crippen LogP contribution in [0.15, 0.2) is 24.3 Å². The van der Waals surface area contributed by atoms with E-state index in [2.05, 4.69) is 15.5 Å². The summed E-state index contributed by atoms with van der Waals surface area (Å²) in [4.78, 5) is 28.2. The number of carbonyl (C=O) groups is 2. The van der Waals surface area contributed by atoms with Gasteiger partial charge in [0.2, 0.25) is 5.91 Å². The number of hydrogen-bond donors (Lipinski definition) is 2. The Kier molecular flexibility index (Phi) is 5.86. The Balaban J connectivity index is 1.32. The first-order chi connectivity index (χ1) is 12.1. The monoisotopic (exact) mass is 348 g/mol. The van der Waals surface area contributed by atoms with Gasteiger partial charge in [-0.2, -0.15) is 0 Å². The van der Waals surface area contributed by atoms with Crippen molar-refractivity contribution >= 4 is 17.6 Å². The lowest BCUT2D eigenvalue weighted by atomic mass is 9.84. The zero-order valence-corrected chi connectivity index (χ0v) is 14.3. The number of anilines is 1. The van der Waals surface area contributed by atoms with E-state index in [1.54, 1.807) is 12.1 Å². The molecule has 136 valence electrons. The first-order valence-corrected chi connectivity index (χ1v) is 8.93. The molecule has 3 rings (SSSR count). The maximum atomic E-state index is 13.1. The van der Waals surface area contributed by atoms with Crippen LogP contribution in [0.5, 0.6) is 0 Å². The molecule has 2 N–H and O–H groups in total. The number of rotatable bonds is 5. The highest BCUT2D eigenvalue weighted by molar-refractivity contribution is 5.89. The summed E-state index contributed by atoms with van der Waals surface area (Å²) in [6.07, 6.45) is 3.27. The number of nitrogens with zero attached hydrogens (tertiary/aromatic N) is 2. The van der Waals surface area contributed by atoms with Gasteiger partial charge in [0.25, 0.3) is 0 Å². The van der Waals surface area contributed by atoms with Crippen molar-refractivity contribution in [3.63, 3.8) is 0 Å². The van der Waals surface area contributed by atoms with E-state index in [0.717, 1.165) is 45.6 Å². The Labute approximate surface area is 147 Å². The van der Waals surface area contributed by atoms with Crippen molar-refractivity contribution in [2.24, 2.45) is 5.92 Å². The van der Waals surface area contributed by atoms with E-state index in [1.165, 1.54) is 18.6 Å². The molecule has 0 radical (unpaired) electrons. The number of benzene rings is 1. The van der Waals surface area contributed by atoms with Crippen LogP contribution in [0.4, 0.5) is 14.9 Å². The molecular formula is C18H25FN4O2. The van der Waals surface area contributed by atoms with Gasteiger partial charge in [-0.3, -0.25) is 9.69 Å². The van der Waals surface area contributed by atoms with Gasteiger partial charge in [0.1, 0.15) is 5.82 Å². The third-order valence-electron chi connectivity index (χ3n) is 4.93. The van der Waals surface area contributed by atoms with Crippen molar-refractivity contribution < 1.29 is 14.0 Å². The molecule has 3 amide bonds. The van der Waals surface area contributed by atoms with Gasteiger partial charge >= 0.3 is 6.03 Å². The van der Waals surface area contributed by atoms with Gasteiger partial charge in [-0.15, -0.1) is 0 Å². The molecule has 7 heteroatoms. The van der Waals surface area contributed by atoms with Crippen LogP contribution in [0.25, 0.3) is 0 Å². The Bertz CT molecular complexity index is 613. The average molecular weight is 348 g/mol. The van der Waals surface area contributed by atoms with Crippen LogP contribution in [0.2, 0.25) is 0 Å². The molecule has 0 bridgehead atoms. The maximum absolute atomic E-state index is 13.1. The summed E-state index contributed by atoms with van der Waals surface area (Å²) in [7, 11) is 0. The third kappa shape index (κ3) is 4.92. The largest absolute Gasteiger partial charge is 0.340 e. The van der Waals surface area contributed by atoms with Crippen molar-refractivity contribution in [1.29, 1.82) is 0 Å². The molecule has 0 spiro atoms. The summed E-state index contributed by atoms with van der Waals surface area (Å²) in [5.41, 5.74) is 0.431. The Hall–Kier alpha value is -2.15. The number of carbonyl (C=O) groups excluding carboxylic acids is 2. The van der Waals surface area contributed by atoms with Gasteiger partial charge in [-0.1, -0.05) is 12.5 Å². The number of amides is 3. The molecule has 1 aromatic carbocycles. The van der Waals surface area contributed by atoms with Crippen LogP contribution in [-0.4, -0.2) is 61.0 Å². The number of nitrogens with one attached hydrogen (secondary N) is 2. The lowest BCUT2D eigenvalue weighted by molar-refractivity contribution is -0.139. The van der Waals surface area contributed by atoms with E-state index in [9.17, 15) is 14.0 Å². The summed E-state index contributed by atoms with van der Waals surface area (Å²) < 4.78 is 13.1. The maximum Gasteiger partial charge on any atom is 0.319 e. The highest BCUT2D eigenvalue weighted by Gasteiger charge is 2.30. The van der Waals surface area contributed by atoms with Gasteiger partial charge in [-0.25, -0.2) is 9.18 Å². The second-order valence-corrected chi connectivity index (χ2v) is 6.69. The summed E-state index contributed by atoms with van der Waals surface area (Å²) in [5, 5.41) is 5.38. The molecule has 1 aliphatic carbocycles. The van der Waals surface area contributed by atoms with Gasteiger partial charge in [0.05, 0.1) is 0 Å². The summed E-state index contributed by atoms with van der Waals surface area (Å²) in [5.74, 6) is 0.199. The first kappa shape index (κ1) is 17.7. The highest BCUT2D eigenvalue weighted by atomic mass is 19.1. The number of urea groups is 1. The molecule has 25 heavy (non-hydrogen) atoms. The minimum atomic E-state index is -0.382. The minimum Gasteiger partial charge on any atom is -0.340 e. The molecule has 1 heterocycles. The predicted molar refractivity (Wildman–Crippen MR) is 93.8 cm³/mol. The van der Waals surface area contributed by atoms with Crippen molar-refractivity contribution in [2.45, 2.75) is 19.3 Å². The lowest BCUT2D eigenvalue weighted by Gasteiger charge is -2.38. The molecule has 1 saturated carbocycles.